The van der Waals surface area contributed by atoms with E-state index in [0.29, 0.717) is 6.61 Å². The molecule has 1 atom stereocenters. The summed E-state index contributed by atoms with van der Waals surface area (Å²) in [6, 6.07) is 14.0. The average molecular weight is 385 g/mol. The van der Waals surface area contributed by atoms with Crippen LogP contribution in [-0.4, -0.2) is 0 Å². The Kier molecular flexibility index (Phi) is 5.02. The van der Waals surface area contributed by atoms with Gasteiger partial charge in [-0.2, -0.15) is 0 Å². The molecule has 4 heteroatoms. The van der Waals surface area contributed by atoms with Crippen molar-refractivity contribution in [3.05, 3.63) is 62.5 Å². The summed E-state index contributed by atoms with van der Waals surface area (Å²) in [5.41, 5.74) is 8.05. The molecule has 0 bridgehead atoms. The van der Waals surface area contributed by atoms with E-state index in [1.807, 2.05) is 49.4 Å². The second kappa shape index (κ2) is 6.55. The lowest BCUT2D eigenvalue weighted by Gasteiger charge is -2.12. The third-order valence-electron chi connectivity index (χ3n) is 2.82. The highest BCUT2D eigenvalue weighted by Gasteiger charge is 2.06. The molecule has 0 spiro atoms. The van der Waals surface area contributed by atoms with Gasteiger partial charge in [-0.25, -0.2) is 0 Å². The van der Waals surface area contributed by atoms with Crippen molar-refractivity contribution in [2.45, 2.75) is 19.6 Å². The normalized spacial score (nSPS) is 12.2. The summed E-state index contributed by atoms with van der Waals surface area (Å²) < 4.78 is 7.80. The molecule has 0 heterocycles. The Morgan fingerprint density at radius 3 is 2.47 bits per heavy atom. The molecule has 0 aliphatic carbocycles. The molecule has 2 aromatic carbocycles. The predicted molar refractivity (Wildman–Crippen MR) is 85.2 cm³/mol. The molecule has 100 valence electrons. The van der Waals surface area contributed by atoms with Crippen LogP contribution in [0.3, 0.4) is 0 Å². The molecule has 0 aliphatic heterocycles. The van der Waals surface area contributed by atoms with Crippen molar-refractivity contribution >= 4 is 31.9 Å². The monoisotopic (exact) mass is 383 g/mol. The number of nitrogens with two attached hydrogens (primary N) is 1. The minimum absolute atomic E-state index is 0.0219. The lowest BCUT2D eigenvalue weighted by atomic mass is 10.1. The highest BCUT2D eigenvalue weighted by Crippen LogP contribution is 2.29. The zero-order chi connectivity index (χ0) is 13.8. The average Bonchev–Trinajstić information content (AvgIpc) is 2.39. The van der Waals surface area contributed by atoms with Gasteiger partial charge in [0.1, 0.15) is 12.4 Å². The van der Waals surface area contributed by atoms with E-state index in [-0.39, 0.29) is 6.04 Å². The molecular formula is C15H15Br2NO. The summed E-state index contributed by atoms with van der Waals surface area (Å²) in [5.74, 6) is 0.820. The van der Waals surface area contributed by atoms with Gasteiger partial charge in [0.2, 0.25) is 0 Å². The Hall–Kier alpha value is -0.840. The first-order valence-electron chi connectivity index (χ1n) is 5.99. The van der Waals surface area contributed by atoms with Crippen molar-refractivity contribution in [3.8, 4) is 5.75 Å². The number of rotatable bonds is 4. The minimum atomic E-state index is 0.0219. The maximum atomic E-state index is 5.85. The summed E-state index contributed by atoms with van der Waals surface area (Å²) in [5, 5.41) is 0. The Morgan fingerprint density at radius 1 is 1.11 bits per heavy atom. The fourth-order valence-corrected chi connectivity index (χ4v) is 2.60. The Labute approximate surface area is 130 Å². The fourth-order valence-electron chi connectivity index (χ4n) is 1.69. The zero-order valence-electron chi connectivity index (χ0n) is 10.6. The van der Waals surface area contributed by atoms with Crippen molar-refractivity contribution in [1.82, 2.24) is 0 Å². The Morgan fingerprint density at radius 2 is 1.84 bits per heavy atom. The van der Waals surface area contributed by atoms with Crippen LogP contribution in [0.5, 0.6) is 5.75 Å². The van der Waals surface area contributed by atoms with Crippen molar-refractivity contribution in [1.29, 1.82) is 0 Å². The van der Waals surface area contributed by atoms with Gasteiger partial charge in [0, 0.05) is 16.1 Å². The highest BCUT2D eigenvalue weighted by molar-refractivity contribution is 9.10. The van der Waals surface area contributed by atoms with Gasteiger partial charge in [0.15, 0.2) is 0 Å². The number of hydrogen-bond donors (Lipinski definition) is 1. The van der Waals surface area contributed by atoms with Gasteiger partial charge in [-0.1, -0.05) is 40.2 Å². The van der Waals surface area contributed by atoms with Gasteiger partial charge in [-0.15, -0.1) is 0 Å². The molecule has 2 N–H and O–H groups in total. The highest BCUT2D eigenvalue weighted by atomic mass is 79.9. The second-order valence-electron chi connectivity index (χ2n) is 4.36. The first-order valence-corrected chi connectivity index (χ1v) is 7.58. The van der Waals surface area contributed by atoms with Crippen molar-refractivity contribution in [3.63, 3.8) is 0 Å². The van der Waals surface area contributed by atoms with Crippen LogP contribution in [0.15, 0.2) is 51.4 Å². The SMILES string of the molecule is C[C@H](N)c1ccc(OCc2ccccc2Br)c(Br)c1. The van der Waals surface area contributed by atoms with E-state index in [4.69, 9.17) is 10.5 Å². The fraction of sp³-hybridized carbons (Fsp3) is 0.200. The zero-order valence-corrected chi connectivity index (χ0v) is 13.7. The molecule has 2 rings (SSSR count). The van der Waals surface area contributed by atoms with Crippen molar-refractivity contribution in [2.75, 3.05) is 0 Å². The van der Waals surface area contributed by atoms with E-state index in [9.17, 15) is 0 Å². The van der Waals surface area contributed by atoms with Crippen LogP contribution in [0.25, 0.3) is 0 Å². The van der Waals surface area contributed by atoms with Gasteiger partial charge in [0.25, 0.3) is 0 Å². The van der Waals surface area contributed by atoms with Crippen LogP contribution in [0.4, 0.5) is 0 Å². The summed E-state index contributed by atoms with van der Waals surface area (Å²) in [6.45, 7) is 2.49. The number of ether oxygens (including phenoxy) is 1. The van der Waals surface area contributed by atoms with E-state index in [1.165, 1.54) is 0 Å². The number of hydrogen-bond acceptors (Lipinski definition) is 2. The summed E-state index contributed by atoms with van der Waals surface area (Å²) in [7, 11) is 0. The smallest absolute Gasteiger partial charge is 0.134 e. The largest absolute Gasteiger partial charge is 0.488 e. The van der Waals surface area contributed by atoms with Crippen LogP contribution in [0, 0.1) is 0 Å². The van der Waals surface area contributed by atoms with Gasteiger partial charge >= 0.3 is 0 Å². The molecule has 0 amide bonds. The molecular weight excluding hydrogens is 370 g/mol. The Balaban J connectivity index is 2.10. The molecule has 0 fully saturated rings. The lowest BCUT2D eigenvalue weighted by Crippen LogP contribution is -2.05. The molecule has 0 saturated heterocycles. The first kappa shape index (κ1) is 14.6. The summed E-state index contributed by atoms with van der Waals surface area (Å²) >= 11 is 7.03. The first-order chi connectivity index (χ1) is 9.08. The van der Waals surface area contributed by atoms with Crippen LogP contribution < -0.4 is 10.5 Å². The molecule has 2 aromatic rings. The maximum absolute atomic E-state index is 5.85. The van der Waals surface area contributed by atoms with Gasteiger partial charge in [-0.05, 0) is 46.6 Å². The van der Waals surface area contributed by atoms with E-state index in [2.05, 4.69) is 31.9 Å². The van der Waals surface area contributed by atoms with Crippen LogP contribution in [0.2, 0.25) is 0 Å². The molecule has 0 aromatic heterocycles. The van der Waals surface area contributed by atoms with Crippen LogP contribution in [0.1, 0.15) is 24.1 Å². The van der Waals surface area contributed by atoms with E-state index >= 15 is 0 Å². The third kappa shape index (κ3) is 3.81. The van der Waals surface area contributed by atoms with Crippen molar-refractivity contribution in [2.24, 2.45) is 5.73 Å². The quantitative estimate of drug-likeness (QED) is 0.820. The van der Waals surface area contributed by atoms with Gasteiger partial charge in [-0.3, -0.25) is 0 Å². The maximum Gasteiger partial charge on any atom is 0.134 e. The minimum Gasteiger partial charge on any atom is -0.488 e. The van der Waals surface area contributed by atoms with Crippen LogP contribution >= 0.6 is 31.9 Å². The molecule has 0 radical (unpaired) electrons. The van der Waals surface area contributed by atoms with E-state index in [0.717, 1.165) is 25.8 Å². The van der Waals surface area contributed by atoms with E-state index in [1.54, 1.807) is 0 Å². The lowest BCUT2D eigenvalue weighted by molar-refractivity contribution is 0.303. The molecule has 0 aliphatic rings. The topological polar surface area (TPSA) is 35.2 Å². The number of halogens is 2. The summed E-state index contributed by atoms with van der Waals surface area (Å²) in [4.78, 5) is 0. The summed E-state index contributed by atoms with van der Waals surface area (Å²) in [6.07, 6.45) is 0. The number of benzene rings is 2. The molecule has 0 unspecified atom stereocenters. The Bertz CT molecular complexity index is 570. The van der Waals surface area contributed by atoms with E-state index < -0.39 is 0 Å². The van der Waals surface area contributed by atoms with Gasteiger partial charge < -0.3 is 10.5 Å². The van der Waals surface area contributed by atoms with Crippen LogP contribution in [-0.2, 0) is 6.61 Å². The molecule has 19 heavy (non-hydrogen) atoms. The third-order valence-corrected chi connectivity index (χ3v) is 4.22. The second-order valence-corrected chi connectivity index (χ2v) is 6.07. The molecule has 0 saturated carbocycles. The molecule has 2 nitrogen and oxygen atoms in total. The standard InChI is InChI=1S/C15H15Br2NO/c1-10(18)11-6-7-15(14(17)8-11)19-9-12-4-2-3-5-13(12)16/h2-8,10H,9,18H2,1H3/t10-/m0/s1. The predicted octanol–water partition coefficient (Wildman–Crippen LogP) is 4.81. The van der Waals surface area contributed by atoms with Gasteiger partial charge in [0.05, 0.1) is 4.47 Å². The van der Waals surface area contributed by atoms with Crippen molar-refractivity contribution < 1.29 is 4.74 Å².